The van der Waals surface area contributed by atoms with Crippen molar-refractivity contribution in [1.82, 2.24) is 14.9 Å². The summed E-state index contributed by atoms with van der Waals surface area (Å²) in [5, 5.41) is 0. The quantitative estimate of drug-likeness (QED) is 0.877. The third-order valence-electron chi connectivity index (χ3n) is 3.43. The number of nitrogens with two attached hydrogens (primary N) is 1. The van der Waals surface area contributed by atoms with Gasteiger partial charge in [0.05, 0.1) is 12.1 Å². The third-order valence-corrected chi connectivity index (χ3v) is 3.43. The maximum absolute atomic E-state index is 5.93. The molecule has 1 aliphatic heterocycles. The first-order valence-electron chi connectivity index (χ1n) is 7.13. The highest BCUT2D eigenvalue weighted by atomic mass is 16.5. The normalized spacial score (nSPS) is 18.5. The second-order valence-electron chi connectivity index (χ2n) is 5.31. The van der Waals surface area contributed by atoms with Crippen molar-refractivity contribution in [3.8, 4) is 6.01 Å². The van der Waals surface area contributed by atoms with Crippen LogP contribution in [0.5, 0.6) is 6.01 Å². The molecule has 0 aliphatic carbocycles. The van der Waals surface area contributed by atoms with Gasteiger partial charge in [0.2, 0.25) is 0 Å². The highest BCUT2D eigenvalue weighted by molar-refractivity contribution is 5.13. The van der Waals surface area contributed by atoms with E-state index in [-0.39, 0.29) is 12.1 Å². The molecule has 1 saturated heterocycles. The van der Waals surface area contributed by atoms with E-state index in [9.17, 15) is 0 Å². The molecule has 0 aromatic carbocycles. The first kappa shape index (κ1) is 14.2. The Hall–Kier alpha value is -1.20. The number of nitrogens with zero attached hydrogens (tertiary/aromatic N) is 3. The predicted octanol–water partition coefficient (Wildman–Crippen LogP) is 1.75. The lowest BCUT2D eigenvalue weighted by atomic mass is 10.0. The lowest BCUT2D eigenvalue weighted by Crippen LogP contribution is -2.37. The zero-order valence-corrected chi connectivity index (χ0v) is 11.9. The van der Waals surface area contributed by atoms with Crippen molar-refractivity contribution in [3.05, 3.63) is 18.0 Å². The lowest BCUT2D eigenvalue weighted by Gasteiger charge is -2.33. The van der Waals surface area contributed by atoms with Crippen LogP contribution in [0.2, 0.25) is 0 Å². The fourth-order valence-corrected chi connectivity index (χ4v) is 2.50. The van der Waals surface area contributed by atoms with Gasteiger partial charge in [0, 0.05) is 24.5 Å². The van der Waals surface area contributed by atoms with Gasteiger partial charge in [-0.15, -0.1) is 0 Å². The maximum Gasteiger partial charge on any atom is 0.316 e. The molecule has 0 amide bonds. The summed E-state index contributed by atoms with van der Waals surface area (Å²) in [6, 6.07) is 0.668. The van der Waals surface area contributed by atoms with Gasteiger partial charge in [-0.25, -0.2) is 9.97 Å². The zero-order valence-electron chi connectivity index (χ0n) is 11.9. The van der Waals surface area contributed by atoms with Crippen LogP contribution in [0.1, 0.15) is 44.7 Å². The van der Waals surface area contributed by atoms with E-state index in [4.69, 9.17) is 10.5 Å². The summed E-state index contributed by atoms with van der Waals surface area (Å²) in [6.07, 6.45) is 7.62. The van der Waals surface area contributed by atoms with E-state index in [0.29, 0.717) is 12.6 Å². The molecule has 0 radical (unpaired) electrons. The molecule has 1 unspecified atom stereocenters. The summed E-state index contributed by atoms with van der Waals surface area (Å²) in [7, 11) is 0. The van der Waals surface area contributed by atoms with Gasteiger partial charge in [-0.2, -0.15) is 0 Å². The fourth-order valence-electron chi connectivity index (χ4n) is 2.50. The van der Waals surface area contributed by atoms with Gasteiger partial charge in [0.15, 0.2) is 0 Å². The van der Waals surface area contributed by atoms with Crippen LogP contribution in [0.3, 0.4) is 0 Å². The van der Waals surface area contributed by atoms with Crippen molar-refractivity contribution in [2.75, 3.05) is 19.6 Å². The topological polar surface area (TPSA) is 64.3 Å². The summed E-state index contributed by atoms with van der Waals surface area (Å²) in [5.74, 6) is 0. The van der Waals surface area contributed by atoms with Crippen LogP contribution < -0.4 is 10.5 Å². The smallest absolute Gasteiger partial charge is 0.316 e. The Morgan fingerprint density at radius 1 is 1.21 bits per heavy atom. The van der Waals surface area contributed by atoms with Crippen LogP contribution in [0, 0.1) is 0 Å². The average Bonchev–Trinajstić information content (AvgIpc) is 2.42. The van der Waals surface area contributed by atoms with E-state index in [1.165, 1.54) is 19.3 Å². The van der Waals surface area contributed by atoms with Crippen LogP contribution >= 0.6 is 0 Å². The second-order valence-corrected chi connectivity index (χ2v) is 5.31. The summed E-state index contributed by atoms with van der Waals surface area (Å²) in [6.45, 7) is 6.77. The van der Waals surface area contributed by atoms with Crippen molar-refractivity contribution >= 4 is 0 Å². The van der Waals surface area contributed by atoms with E-state index in [0.717, 1.165) is 18.7 Å². The molecule has 2 N–H and O–H groups in total. The van der Waals surface area contributed by atoms with Crippen molar-refractivity contribution < 1.29 is 4.74 Å². The number of aromatic nitrogens is 2. The minimum absolute atomic E-state index is 0.0956. The Morgan fingerprint density at radius 3 is 2.37 bits per heavy atom. The van der Waals surface area contributed by atoms with E-state index >= 15 is 0 Å². The van der Waals surface area contributed by atoms with Crippen LogP contribution in [-0.4, -0.2) is 40.6 Å². The largest absolute Gasteiger partial charge is 0.461 e. The van der Waals surface area contributed by atoms with E-state index in [2.05, 4.69) is 14.9 Å². The zero-order chi connectivity index (χ0) is 13.7. The summed E-state index contributed by atoms with van der Waals surface area (Å²) in [5.41, 5.74) is 7.01. The highest BCUT2D eigenvalue weighted by Gasteiger charge is 2.21. The average molecular weight is 264 g/mol. The number of hydrogen-bond acceptors (Lipinski definition) is 5. The first-order valence-corrected chi connectivity index (χ1v) is 7.13. The molecule has 2 heterocycles. The SMILES string of the molecule is CC(C)Oc1ncc(C(CN)N2CCCCC2)cn1. The summed E-state index contributed by atoms with van der Waals surface area (Å²) in [4.78, 5) is 11.0. The van der Waals surface area contributed by atoms with Crippen LogP contribution in [0.15, 0.2) is 12.4 Å². The number of hydrogen-bond donors (Lipinski definition) is 1. The van der Waals surface area contributed by atoms with Gasteiger partial charge in [0.25, 0.3) is 0 Å². The third kappa shape index (κ3) is 3.88. The van der Waals surface area contributed by atoms with Crippen molar-refractivity contribution in [1.29, 1.82) is 0 Å². The number of piperidine rings is 1. The fraction of sp³-hybridized carbons (Fsp3) is 0.714. The first-order chi connectivity index (χ1) is 9.20. The predicted molar refractivity (Wildman–Crippen MR) is 75.0 cm³/mol. The lowest BCUT2D eigenvalue weighted by molar-refractivity contribution is 0.166. The molecule has 1 aromatic rings. The molecule has 0 bridgehead atoms. The number of rotatable bonds is 5. The maximum atomic E-state index is 5.93. The molecule has 5 heteroatoms. The van der Waals surface area contributed by atoms with Crippen LogP contribution in [-0.2, 0) is 0 Å². The molecule has 106 valence electrons. The highest BCUT2D eigenvalue weighted by Crippen LogP contribution is 2.23. The van der Waals surface area contributed by atoms with Crippen molar-refractivity contribution in [2.45, 2.75) is 45.3 Å². The van der Waals surface area contributed by atoms with E-state index in [1.807, 2.05) is 26.2 Å². The number of ether oxygens (including phenoxy) is 1. The molecule has 5 nitrogen and oxygen atoms in total. The number of likely N-dealkylation sites (tertiary alicyclic amines) is 1. The molecule has 1 atom stereocenters. The van der Waals surface area contributed by atoms with E-state index < -0.39 is 0 Å². The minimum Gasteiger partial charge on any atom is -0.461 e. The monoisotopic (exact) mass is 264 g/mol. The minimum atomic E-state index is 0.0956. The van der Waals surface area contributed by atoms with E-state index in [1.54, 1.807) is 0 Å². The molecule has 1 fully saturated rings. The van der Waals surface area contributed by atoms with Gasteiger partial charge in [-0.3, -0.25) is 4.90 Å². The van der Waals surface area contributed by atoms with Gasteiger partial charge in [-0.05, 0) is 39.8 Å². The standard InChI is InChI=1S/C14H24N4O/c1-11(2)19-14-16-9-12(10-17-14)13(8-15)18-6-4-3-5-7-18/h9-11,13H,3-8,15H2,1-2H3. The van der Waals surface area contributed by atoms with Crippen molar-refractivity contribution in [2.24, 2.45) is 5.73 Å². The Bertz CT molecular complexity index is 374. The summed E-state index contributed by atoms with van der Waals surface area (Å²) < 4.78 is 5.46. The Morgan fingerprint density at radius 2 is 1.84 bits per heavy atom. The Kier molecular flexibility index (Phi) is 5.10. The van der Waals surface area contributed by atoms with Crippen LogP contribution in [0.4, 0.5) is 0 Å². The molecular formula is C14H24N4O. The van der Waals surface area contributed by atoms with Gasteiger partial charge in [-0.1, -0.05) is 6.42 Å². The van der Waals surface area contributed by atoms with Crippen molar-refractivity contribution in [3.63, 3.8) is 0 Å². The second kappa shape index (κ2) is 6.82. The van der Waals surface area contributed by atoms with Gasteiger partial charge < -0.3 is 10.5 Å². The van der Waals surface area contributed by atoms with Crippen LogP contribution in [0.25, 0.3) is 0 Å². The molecule has 2 rings (SSSR count). The van der Waals surface area contributed by atoms with Gasteiger partial charge >= 0.3 is 6.01 Å². The molecule has 19 heavy (non-hydrogen) atoms. The molecular weight excluding hydrogens is 240 g/mol. The molecule has 0 spiro atoms. The summed E-state index contributed by atoms with van der Waals surface area (Å²) >= 11 is 0. The van der Waals surface area contributed by atoms with Gasteiger partial charge in [0.1, 0.15) is 0 Å². The molecule has 1 aromatic heterocycles. The molecule has 1 aliphatic rings. The molecule has 0 saturated carbocycles. The Balaban J connectivity index is 2.05. The Labute approximate surface area is 115 Å².